The van der Waals surface area contributed by atoms with Gasteiger partial charge in [-0.15, -0.1) is 11.8 Å². The van der Waals surface area contributed by atoms with Gasteiger partial charge in [0.1, 0.15) is 0 Å². The van der Waals surface area contributed by atoms with E-state index in [9.17, 15) is 13.2 Å². The molecule has 8 heteroatoms. The largest absolute Gasteiger partial charge is 0.359 e. The van der Waals surface area contributed by atoms with Crippen molar-refractivity contribution < 1.29 is 17.7 Å². The van der Waals surface area contributed by atoms with Gasteiger partial charge in [0.05, 0.1) is 15.5 Å². The second-order valence-corrected chi connectivity index (χ2v) is 9.01. The van der Waals surface area contributed by atoms with Gasteiger partial charge in [-0.2, -0.15) is 0 Å². The molecule has 0 aliphatic heterocycles. The number of carbonyl (C=O) groups excluding carboxylic acids is 1. The fourth-order valence-corrected chi connectivity index (χ4v) is 4.48. The van der Waals surface area contributed by atoms with E-state index in [0.717, 1.165) is 19.1 Å². The number of sulfone groups is 1. The molecule has 2 aromatic rings. The number of benzene rings is 1. The minimum atomic E-state index is -3.45. The molecule has 3 rings (SSSR count). The van der Waals surface area contributed by atoms with Gasteiger partial charge in [-0.1, -0.05) is 16.8 Å². The molecule has 1 saturated carbocycles. The van der Waals surface area contributed by atoms with Crippen LogP contribution in [0, 0.1) is 6.92 Å². The fraction of sp³-hybridized carbons (Fsp3) is 0.375. The van der Waals surface area contributed by atoms with E-state index in [-0.39, 0.29) is 21.6 Å². The van der Waals surface area contributed by atoms with Gasteiger partial charge in [-0.05, 0) is 43.7 Å². The molecule has 1 aromatic heterocycles. The number of hydrogen-bond acceptors (Lipinski definition) is 6. The van der Waals surface area contributed by atoms with Gasteiger partial charge in [0.15, 0.2) is 26.4 Å². The molecule has 0 unspecified atom stereocenters. The Morgan fingerprint density at radius 1 is 1.38 bits per heavy atom. The van der Waals surface area contributed by atoms with Crippen LogP contribution >= 0.6 is 23.4 Å². The number of nitrogens with zero attached hydrogens (tertiary/aromatic N) is 1. The second-order valence-electron chi connectivity index (χ2n) is 5.86. The predicted molar refractivity (Wildman–Crippen MR) is 93.0 cm³/mol. The number of aromatic nitrogens is 1. The van der Waals surface area contributed by atoms with Crippen LogP contribution in [-0.2, 0) is 9.84 Å². The molecule has 1 heterocycles. The van der Waals surface area contributed by atoms with E-state index in [1.54, 1.807) is 6.92 Å². The maximum absolute atomic E-state index is 13.1. The average Bonchev–Trinajstić information content (AvgIpc) is 3.27. The van der Waals surface area contributed by atoms with Gasteiger partial charge in [-0.25, -0.2) is 8.42 Å². The van der Waals surface area contributed by atoms with Crippen LogP contribution in [0.4, 0.5) is 0 Å². The molecule has 1 aliphatic carbocycles. The van der Waals surface area contributed by atoms with Crippen LogP contribution in [0.15, 0.2) is 26.6 Å². The molecule has 24 heavy (non-hydrogen) atoms. The lowest BCUT2D eigenvalue weighted by Gasteiger charge is -2.10. The van der Waals surface area contributed by atoms with Crippen molar-refractivity contribution in [3.63, 3.8) is 0 Å². The van der Waals surface area contributed by atoms with E-state index in [0.29, 0.717) is 27.5 Å². The third-order valence-corrected chi connectivity index (χ3v) is 6.45. The summed E-state index contributed by atoms with van der Waals surface area (Å²) in [5.41, 5.74) is 1.28. The highest BCUT2D eigenvalue weighted by Gasteiger charge is 2.35. The van der Waals surface area contributed by atoms with Gasteiger partial charge in [-0.3, -0.25) is 4.79 Å². The van der Waals surface area contributed by atoms with Gasteiger partial charge in [0.2, 0.25) is 0 Å². The highest BCUT2D eigenvalue weighted by molar-refractivity contribution is 7.98. The summed E-state index contributed by atoms with van der Waals surface area (Å²) < 4.78 is 28.9. The fourth-order valence-electron chi connectivity index (χ4n) is 2.59. The van der Waals surface area contributed by atoms with E-state index < -0.39 is 9.84 Å². The molecule has 0 amide bonds. The zero-order valence-electron chi connectivity index (χ0n) is 13.4. The maximum atomic E-state index is 13.1. The van der Waals surface area contributed by atoms with Crippen LogP contribution in [0.25, 0.3) is 0 Å². The Morgan fingerprint density at radius 3 is 2.58 bits per heavy atom. The molecule has 128 valence electrons. The highest BCUT2D eigenvalue weighted by Crippen LogP contribution is 2.44. The van der Waals surface area contributed by atoms with E-state index in [4.69, 9.17) is 16.1 Å². The molecule has 1 aliphatic rings. The summed E-state index contributed by atoms with van der Waals surface area (Å²) in [7, 11) is -3.45. The van der Waals surface area contributed by atoms with Crippen molar-refractivity contribution in [2.45, 2.75) is 35.6 Å². The van der Waals surface area contributed by atoms with Crippen molar-refractivity contribution in [3.05, 3.63) is 39.6 Å². The summed E-state index contributed by atoms with van der Waals surface area (Å²) in [6.07, 6.45) is 4.89. The second kappa shape index (κ2) is 6.20. The van der Waals surface area contributed by atoms with Crippen LogP contribution in [-0.4, -0.2) is 31.9 Å². The molecule has 0 radical (unpaired) electrons. The Hall–Kier alpha value is -1.31. The molecule has 1 fully saturated rings. The summed E-state index contributed by atoms with van der Waals surface area (Å²) in [5.74, 6) is 0.623. The summed E-state index contributed by atoms with van der Waals surface area (Å²) in [6.45, 7) is 1.65. The SMILES string of the molecule is CSc1noc(C2CC2)c1C(=O)c1ccc(S(C)(=O)=O)c(Cl)c1C. The Bertz CT molecular complexity index is 930. The summed E-state index contributed by atoms with van der Waals surface area (Å²) in [5, 5.41) is 4.62. The van der Waals surface area contributed by atoms with Crippen LogP contribution in [0.3, 0.4) is 0 Å². The number of ketones is 1. The lowest BCUT2D eigenvalue weighted by Crippen LogP contribution is -2.09. The third-order valence-electron chi connectivity index (χ3n) is 4.05. The summed E-state index contributed by atoms with van der Waals surface area (Å²) in [4.78, 5) is 13.1. The van der Waals surface area contributed by atoms with Crippen LogP contribution in [0.5, 0.6) is 0 Å². The molecule has 5 nitrogen and oxygen atoms in total. The number of carbonyl (C=O) groups is 1. The van der Waals surface area contributed by atoms with Gasteiger partial charge in [0.25, 0.3) is 0 Å². The minimum Gasteiger partial charge on any atom is -0.359 e. The van der Waals surface area contributed by atoms with E-state index in [1.807, 2.05) is 6.26 Å². The van der Waals surface area contributed by atoms with Crippen LogP contribution < -0.4 is 0 Å². The zero-order valence-corrected chi connectivity index (χ0v) is 15.8. The normalized spacial score (nSPS) is 14.8. The van der Waals surface area contributed by atoms with Crippen molar-refractivity contribution in [2.75, 3.05) is 12.5 Å². The predicted octanol–water partition coefficient (Wildman–Crippen LogP) is 3.87. The molecule has 0 saturated heterocycles. The van der Waals surface area contributed by atoms with Gasteiger partial charge >= 0.3 is 0 Å². The van der Waals surface area contributed by atoms with E-state index in [2.05, 4.69) is 5.16 Å². The van der Waals surface area contributed by atoms with Crippen LogP contribution in [0.2, 0.25) is 5.02 Å². The van der Waals surface area contributed by atoms with Crippen molar-refractivity contribution in [2.24, 2.45) is 0 Å². The van der Waals surface area contributed by atoms with Gasteiger partial charge < -0.3 is 4.52 Å². The summed E-state index contributed by atoms with van der Waals surface area (Å²) >= 11 is 7.55. The molecule has 0 bridgehead atoms. The third kappa shape index (κ3) is 3.00. The Balaban J connectivity index is 2.12. The van der Waals surface area contributed by atoms with Gasteiger partial charge in [0, 0.05) is 17.7 Å². The first-order valence-corrected chi connectivity index (χ1v) is 10.8. The molecular weight excluding hydrogens is 370 g/mol. The first kappa shape index (κ1) is 17.5. The lowest BCUT2D eigenvalue weighted by atomic mass is 9.98. The van der Waals surface area contributed by atoms with E-state index >= 15 is 0 Å². The van der Waals surface area contributed by atoms with Crippen LogP contribution in [0.1, 0.15) is 46.0 Å². The highest BCUT2D eigenvalue weighted by atomic mass is 35.5. The average molecular weight is 386 g/mol. The molecule has 0 N–H and O–H groups in total. The number of rotatable bonds is 5. The smallest absolute Gasteiger partial charge is 0.199 e. The zero-order chi connectivity index (χ0) is 17.6. The first-order chi connectivity index (χ1) is 11.3. The molecule has 1 aromatic carbocycles. The number of thioether (sulfide) groups is 1. The topological polar surface area (TPSA) is 77.2 Å². The quantitative estimate of drug-likeness (QED) is 0.574. The Labute approximate surface area is 149 Å². The minimum absolute atomic E-state index is 0.0241. The van der Waals surface area contributed by atoms with Crippen molar-refractivity contribution >= 4 is 39.0 Å². The molecular formula is C16H16ClNO4S2. The standard InChI is InChI=1S/C16H16ClNO4S2/c1-8-10(6-7-11(13(8)17)24(3,20)21)14(19)12-15(9-4-5-9)22-18-16(12)23-2/h6-7,9H,4-5H2,1-3H3. The Morgan fingerprint density at radius 2 is 2.04 bits per heavy atom. The van der Waals surface area contributed by atoms with E-state index in [1.165, 1.54) is 23.9 Å². The number of hydrogen-bond donors (Lipinski definition) is 0. The first-order valence-electron chi connectivity index (χ1n) is 7.33. The molecule has 0 spiro atoms. The maximum Gasteiger partial charge on any atom is 0.199 e. The van der Waals surface area contributed by atoms with Crippen molar-refractivity contribution in [3.8, 4) is 0 Å². The Kier molecular flexibility index (Phi) is 4.53. The summed E-state index contributed by atoms with van der Waals surface area (Å²) in [6, 6.07) is 2.88. The van der Waals surface area contributed by atoms with Crippen molar-refractivity contribution in [1.29, 1.82) is 0 Å². The number of halogens is 1. The van der Waals surface area contributed by atoms with Crippen molar-refractivity contribution in [1.82, 2.24) is 5.16 Å². The monoisotopic (exact) mass is 385 g/mol. The lowest BCUT2D eigenvalue weighted by molar-refractivity contribution is 0.103. The molecule has 0 atom stereocenters.